The lowest BCUT2D eigenvalue weighted by Gasteiger charge is -2.14. The molecule has 0 aliphatic carbocycles. The summed E-state index contributed by atoms with van der Waals surface area (Å²) in [7, 11) is 0. The lowest BCUT2D eigenvalue weighted by molar-refractivity contribution is 0.0703. The Kier molecular flexibility index (Phi) is 4.59. The monoisotopic (exact) mass is 333 g/mol. The van der Waals surface area contributed by atoms with Gasteiger partial charge >= 0.3 is 12.1 Å². The molecule has 3 rings (SSSR count). The molecule has 1 aromatic carbocycles. The fraction of sp³-hybridized carbons (Fsp3) is 0.250. The van der Waals surface area contributed by atoms with Crippen LogP contribution in [0.15, 0.2) is 30.3 Å². The molecule has 1 aromatic heterocycles. The van der Waals surface area contributed by atoms with Gasteiger partial charge in [-0.25, -0.2) is 9.59 Å². The first-order valence-electron chi connectivity index (χ1n) is 7.08. The molecule has 0 atom stereocenters. The van der Waals surface area contributed by atoms with Gasteiger partial charge in [-0.15, -0.1) is 11.3 Å². The van der Waals surface area contributed by atoms with Crippen LogP contribution >= 0.6 is 11.3 Å². The second kappa shape index (κ2) is 6.80. The normalized spacial score (nSPS) is 13.2. The summed E-state index contributed by atoms with van der Waals surface area (Å²) in [5.41, 5.74) is 1.88. The van der Waals surface area contributed by atoms with Gasteiger partial charge in [0.15, 0.2) is 0 Å². The Morgan fingerprint density at radius 2 is 2.09 bits per heavy atom. The summed E-state index contributed by atoms with van der Waals surface area (Å²) in [5, 5.41) is 11.9. The minimum absolute atomic E-state index is 0.108. The maximum atomic E-state index is 12.0. The van der Waals surface area contributed by atoms with E-state index in [1.165, 1.54) is 11.3 Å². The van der Waals surface area contributed by atoms with Gasteiger partial charge in [-0.1, -0.05) is 30.3 Å². The highest BCUT2D eigenvalue weighted by atomic mass is 32.1. The number of fused-ring (bicyclic) bond motifs is 1. The van der Waals surface area contributed by atoms with E-state index in [-0.39, 0.29) is 17.2 Å². The molecule has 1 aliphatic heterocycles. The predicted molar refractivity (Wildman–Crippen MR) is 84.9 cm³/mol. The number of hydrogen-bond acceptors (Lipinski definition) is 5. The Hall–Kier alpha value is -2.38. The molecule has 23 heavy (non-hydrogen) atoms. The van der Waals surface area contributed by atoms with Crippen LogP contribution in [0.2, 0.25) is 0 Å². The van der Waals surface area contributed by atoms with Crippen molar-refractivity contribution < 1.29 is 24.2 Å². The number of carbonyl (C=O) groups excluding carboxylic acids is 1. The lowest BCUT2D eigenvalue weighted by atomic mass is 10.1. The molecule has 120 valence electrons. The number of carboxylic acids is 1. The van der Waals surface area contributed by atoms with Gasteiger partial charge < -0.3 is 14.6 Å². The number of carbonyl (C=O) groups is 2. The van der Waals surface area contributed by atoms with E-state index in [9.17, 15) is 14.7 Å². The highest BCUT2D eigenvalue weighted by Crippen LogP contribution is 2.36. The number of aromatic carboxylic acids is 1. The van der Waals surface area contributed by atoms with Crippen LogP contribution < -0.4 is 5.32 Å². The van der Waals surface area contributed by atoms with Crippen molar-refractivity contribution in [2.24, 2.45) is 0 Å². The molecule has 1 aliphatic rings. The van der Waals surface area contributed by atoms with Gasteiger partial charge in [-0.3, -0.25) is 5.32 Å². The van der Waals surface area contributed by atoms with Crippen LogP contribution in [-0.2, 0) is 29.1 Å². The zero-order chi connectivity index (χ0) is 16.2. The van der Waals surface area contributed by atoms with Crippen molar-refractivity contribution in [3.05, 3.63) is 51.2 Å². The van der Waals surface area contributed by atoms with Crippen LogP contribution in [0.3, 0.4) is 0 Å². The van der Waals surface area contributed by atoms with Crippen LogP contribution in [0, 0.1) is 0 Å². The van der Waals surface area contributed by atoms with Crippen LogP contribution in [0.5, 0.6) is 0 Å². The third-order valence-corrected chi connectivity index (χ3v) is 4.72. The topological polar surface area (TPSA) is 84.9 Å². The third kappa shape index (κ3) is 3.52. The second-order valence-electron chi connectivity index (χ2n) is 5.00. The van der Waals surface area contributed by atoms with Crippen molar-refractivity contribution in [2.75, 3.05) is 11.9 Å². The summed E-state index contributed by atoms with van der Waals surface area (Å²) < 4.78 is 10.5. The molecule has 2 N–H and O–H groups in total. The number of nitrogens with one attached hydrogen (secondary N) is 1. The minimum Gasteiger partial charge on any atom is -0.477 e. The maximum Gasteiger partial charge on any atom is 0.412 e. The van der Waals surface area contributed by atoms with E-state index in [1.54, 1.807) is 0 Å². The van der Waals surface area contributed by atoms with Crippen LogP contribution in [0.4, 0.5) is 10.5 Å². The van der Waals surface area contributed by atoms with Gasteiger partial charge in [0.1, 0.15) is 11.5 Å². The van der Waals surface area contributed by atoms with Crippen LogP contribution in [-0.4, -0.2) is 23.8 Å². The molecule has 2 heterocycles. The van der Waals surface area contributed by atoms with Gasteiger partial charge in [-0.2, -0.15) is 0 Å². The molecular weight excluding hydrogens is 318 g/mol. The first-order chi connectivity index (χ1) is 11.1. The number of thiophene rings is 1. The van der Waals surface area contributed by atoms with Crippen LogP contribution in [0.1, 0.15) is 25.7 Å². The first-order valence-corrected chi connectivity index (χ1v) is 7.90. The fourth-order valence-electron chi connectivity index (χ4n) is 2.35. The number of carboxylic acid groups (broad SMARTS) is 1. The van der Waals surface area contributed by atoms with Crippen molar-refractivity contribution in [1.82, 2.24) is 0 Å². The molecule has 0 spiro atoms. The van der Waals surface area contributed by atoms with E-state index in [0.29, 0.717) is 19.6 Å². The highest BCUT2D eigenvalue weighted by Gasteiger charge is 2.26. The van der Waals surface area contributed by atoms with Gasteiger partial charge in [0.05, 0.1) is 18.9 Å². The smallest absolute Gasteiger partial charge is 0.412 e. The Balaban J connectivity index is 1.72. The van der Waals surface area contributed by atoms with Gasteiger partial charge in [0.25, 0.3) is 0 Å². The summed E-state index contributed by atoms with van der Waals surface area (Å²) in [6.07, 6.45) is -0.0244. The molecular formula is C16H15NO5S. The average molecular weight is 333 g/mol. The maximum absolute atomic E-state index is 12.0. The van der Waals surface area contributed by atoms with Crippen molar-refractivity contribution >= 4 is 29.1 Å². The van der Waals surface area contributed by atoms with E-state index >= 15 is 0 Å². The molecule has 0 fully saturated rings. The van der Waals surface area contributed by atoms with Crippen molar-refractivity contribution in [2.45, 2.75) is 19.6 Å². The van der Waals surface area contributed by atoms with E-state index in [0.717, 1.165) is 16.0 Å². The van der Waals surface area contributed by atoms with Gasteiger partial charge in [0, 0.05) is 16.9 Å². The van der Waals surface area contributed by atoms with Gasteiger partial charge in [0.2, 0.25) is 0 Å². The van der Waals surface area contributed by atoms with Crippen molar-refractivity contribution in [3.8, 4) is 0 Å². The highest BCUT2D eigenvalue weighted by molar-refractivity contribution is 7.14. The SMILES string of the molecule is O=C(Nc1c(C(=O)O)sc2c1COCC2)OCc1ccccc1. The number of hydrogen-bond donors (Lipinski definition) is 2. The lowest BCUT2D eigenvalue weighted by Crippen LogP contribution is -2.17. The number of rotatable bonds is 4. The summed E-state index contributed by atoms with van der Waals surface area (Å²) >= 11 is 1.18. The first kappa shape index (κ1) is 15.5. The summed E-state index contributed by atoms with van der Waals surface area (Å²) in [4.78, 5) is 24.4. The quantitative estimate of drug-likeness (QED) is 0.897. The molecule has 6 nitrogen and oxygen atoms in total. The number of amides is 1. The molecule has 7 heteroatoms. The van der Waals surface area contributed by atoms with E-state index in [4.69, 9.17) is 9.47 Å². The standard InChI is InChI=1S/C16H15NO5S/c18-15(19)14-13(11-9-21-7-6-12(11)23-14)17-16(20)22-8-10-4-2-1-3-5-10/h1-5H,6-9H2,(H,17,20)(H,18,19). The largest absolute Gasteiger partial charge is 0.477 e. The molecule has 0 bridgehead atoms. The summed E-state index contributed by atoms with van der Waals surface area (Å²) in [5.74, 6) is -1.07. The average Bonchev–Trinajstić information content (AvgIpc) is 2.93. The van der Waals surface area contributed by atoms with Crippen LogP contribution in [0.25, 0.3) is 0 Å². The number of ether oxygens (including phenoxy) is 2. The Bertz CT molecular complexity index is 726. The van der Waals surface area contributed by atoms with Crippen molar-refractivity contribution in [3.63, 3.8) is 0 Å². The van der Waals surface area contributed by atoms with E-state index < -0.39 is 12.1 Å². The zero-order valence-corrected chi connectivity index (χ0v) is 13.0. The molecule has 0 saturated carbocycles. The zero-order valence-electron chi connectivity index (χ0n) is 12.2. The van der Waals surface area contributed by atoms with Crippen molar-refractivity contribution in [1.29, 1.82) is 0 Å². The predicted octanol–water partition coefficient (Wildman–Crippen LogP) is 3.27. The fourth-order valence-corrected chi connectivity index (χ4v) is 3.43. The molecule has 0 unspecified atom stereocenters. The number of benzene rings is 1. The molecule has 2 aromatic rings. The molecule has 0 saturated heterocycles. The summed E-state index contributed by atoms with van der Waals surface area (Å²) in [6.45, 7) is 0.982. The molecule has 0 radical (unpaired) electrons. The van der Waals surface area contributed by atoms with Gasteiger partial charge in [-0.05, 0) is 5.56 Å². The third-order valence-electron chi connectivity index (χ3n) is 3.44. The summed E-state index contributed by atoms with van der Waals surface area (Å²) in [6, 6.07) is 9.27. The Labute approximate surface area is 136 Å². The van der Waals surface area contributed by atoms with E-state index in [2.05, 4.69) is 5.32 Å². The minimum atomic E-state index is -1.07. The Morgan fingerprint density at radius 3 is 2.83 bits per heavy atom. The van der Waals surface area contributed by atoms with E-state index in [1.807, 2.05) is 30.3 Å². The Morgan fingerprint density at radius 1 is 1.30 bits per heavy atom. The second-order valence-corrected chi connectivity index (χ2v) is 6.11. The number of anilines is 1. The molecule has 1 amide bonds.